The zero-order valence-corrected chi connectivity index (χ0v) is 23.6. The van der Waals surface area contributed by atoms with Crippen molar-refractivity contribution >= 4 is 21.4 Å². The summed E-state index contributed by atoms with van der Waals surface area (Å²) >= 11 is 0. The van der Waals surface area contributed by atoms with Gasteiger partial charge in [-0.3, -0.25) is 9.48 Å². The number of carbonyl (C=O) groups is 1. The summed E-state index contributed by atoms with van der Waals surface area (Å²) in [6.07, 6.45) is -5.48. The largest absolute Gasteiger partial charge is 0.454 e. The SMILES string of the molecule is Cc1ccc(Cn2nc(C)c(NC(=O)CCS(=O)(=O)c3nc(-c4ccc5c(c4)OCO5)cc(C(F)(F)F)n3)c2C)cc1. The summed E-state index contributed by atoms with van der Waals surface area (Å²) in [5.41, 5.74) is 2.24. The molecule has 1 amide bonds. The molecule has 5 rings (SSSR count). The monoisotopic (exact) mass is 601 g/mol. The molecule has 0 aliphatic carbocycles. The molecule has 1 aliphatic rings. The lowest BCUT2D eigenvalue weighted by Crippen LogP contribution is -2.21. The summed E-state index contributed by atoms with van der Waals surface area (Å²) in [4.78, 5) is 20.0. The molecular formula is C28H26F3N5O5S. The predicted octanol–water partition coefficient (Wildman–Crippen LogP) is 4.86. The molecule has 0 spiro atoms. The van der Waals surface area contributed by atoms with Crippen LogP contribution in [0.2, 0.25) is 0 Å². The Bertz CT molecular complexity index is 1770. The van der Waals surface area contributed by atoms with Gasteiger partial charge in [0.05, 0.1) is 35.1 Å². The highest BCUT2D eigenvalue weighted by molar-refractivity contribution is 7.91. The highest BCUT2D eigenvalue weighted by Gasteiger charge is 2.36. The van der Waals surface area contributed by atoms with Gasteiger partial charge in [-0.25, -0.2) is 18.4 Å². The van der Waals surface area contributed by atoms with Crippen LogP contribution in [0.25, 0.3) is 11.3 Å². The van der Waals surface area contributed by atoms with Crippen LogP contribution in [0.5, 0.6) is 11.5 Å². The molecular weight excluding hydrogens is 575 g/mol. The third-order valence-electron chi connectivity index (χ3n) is 6.64. The molecule has 10 nitrogen and oxygen atoms in total. The number of amides is 1. The first kappa shape index (κ1) is 29.0. The molecule has 42 heavy (non-hydrogen) atoms. The Morgan fingerprint density at radius 1 is 1.00 bits per heavy atom. The van der Waals surface area contributed by atoms with Gasteiger partial charge in [-0.2, -0.15) is 18.3 Å². The predicted molar refractivity (Wildman–Crippen MR) is 146 cm³/mol. The number of hydrogen-bond acceptors (Lipinski definition) is 8. The molecule has 2 aromatic heterocycles. The number of fused-ring (bicyclic) bond motifs is 1. The highest BCUT2D eigenvalue weighted by Crippen LogP contribution is 2.37. The number of nitrogens with one attached hydrogen (secondary N) is 1. The van der Waals surface area contributed by atoms with E-state index in [1.165, 1.54) is 18.2 Å². The highest BCUT2D eigenvalue weighted by atomic mass is 32.2. The van der Waals surface area contributed by atoms with Gasteiger partial charge in [0.1, 0.15) is 5.69 Å². The van der Waals surface area contributed by atoms with Gasteiger partial charge in [0.25, 0.3) is 0 Å². The van der Waals surface area contributed by atoms with Gasteiger partial charge in [-0.05, 0) is 50.6 Å². The fourth-order valence-corrected chi connectivity index (χ4v) is 5.44. The molecule has 0 atom stereocenters. The summed E-state index contributed by atoms with van der Waals surface area (Å²) in [5, 5.41) is 6.12. The van der Waals surface area contributed by atoms with E-state index in [0.29, 0.717) is 35.4 Å². The van der Waals surface area contributed by atoms with Gasteiger partial charge in [0.15, 0.2) is 11.5 Å². The average Bonchev–Trinajstić information content (AvgIpc) is 3.52. The number of carbonyl (C=O) groups excluding carboxylic acids is 1. The van der Waals surface area contributed by atoms with Crippen LogP contribution in [0.1, 0.15) is 34.6 Å². The van der Waals surface area contributed by atoms with Crippen LogP contribution in [-0.4, -0.2) is 46.6 Å². The van der Waals surface area contributed by atoms with Crippen LogP contribution in [-0.2, 0) is 27.4 Å². The summed E-state index contributed by atoms with van der Waals surface area (Å²) < 4.78 is 79.3. The van der Waals surface area contributed by atoms with Crippen molar-refractivity contribution in [1.82, 2.24) is 19.7 Å². The molecule has 0 bridgehead atoms. The van der Waals surface area contributed by atoms with E-state index >= 15 is 0 Å². The molecule has 1 aliphatic heterocycles. The van der Waals surface area contributed by atoms with Gasteiger partial charge in [0, 0.05) is 12.0 Å². The zero-order valence-electron chi connectivity index (χ0n) is 22.8. The van der Waals surface area contributed by atoms with Crippen LogP contribution in [0.15, 0.2) is 53.7 Å². The Hall–Kier alpha value is -4.46. The van der Waals surface area contributed by atoms with Gasteiger partial charge in [-0.1, -0.05) is 29.8 Å². The number of halogens is 3. The smallest absolute Gasteiger partial charge is 0.433 e. The van der Waals surface area contributed by atoms with E-state index in [1.54, 1.807) is 18.5 Å². The molecule has 3 heterocycles. The van der Waals surface area contributed by atoms with Gasteiger partial charge >= 0.3 is 6.18 Å². The van der Waals surface area contributed by atoms with Crippen LogP contribution >= 0.6 is 0 Å². The van der Waals surface area contributed by atoms with Crippen molar-refractivity contribution in [3.63, 3.8) is 0 Å². The Balaban J connectivity index is 1.33. The molecule has 2 aromatic carbocycles. The summed E-state index contributed by atoms with van der Waals surface area (Å²) in [6.45, 7) is 5.88. The van der Waals surface area contributed by atoms with E-state index in [0.717, 1.165) is 11.1 Å². The molecule has 0 saturated carbocycles. The van der Waals surface area contributed by atoms with Crippen molar-refractivity contribution in [2.24, 2.45) is 0 Å². The zero-order chi connectivity index (χ0) is 30.2. The molecule has 220 valence electrons. The number of hydrogen-bond donors (Lipinski definition) is 1. The lowest BCUT2D eigenvalue weighted by molar-refractivity contribution is -0.141. The van der Waals surface area contributed by atoms with E-state index in [2.05, 4.69) is 20.4 Å². The Labute approximate surface area is 239 Å². The number of aryl methyl sites for hydroxylation is 2. The molecule has 0 unspecified atom stereocenters. The average molecular weight is 602 g/mol. The lowest BCUT2D eigenvalue weighted by atomic mass is 10.1. The van der Waals surface area contributed by atoms with Crippen molar-refractivity contribution in [2.45, 2.75) is 45.1 Å². The molecule has 1 N–H and O–H groups in total. The standard InChI is InChI=1S/C28H26F3N5O5S/c1-16-4-6-19(7-5-16)14-36-18(3)26(17(2)35-36)34-25(37)10-11-42(38,39)27-32-21(13-24(33-27)28(29,30)31)20-8-9-22-23(12-20)41-15-40-22/h4-9,12-13H,10-11,14-15H2,1-3H3,(H,34,37). The van der Waals surface area contributed by atoms with Gasteiger partial charge in [-0.15, -0.1) is 0 Å². The van der Waals surface area contributed by atoms with E-state index in [-0.39, 0.29) is 23.8 Å². The molecule has 14 heteroatoms. The van der Waals surface area contributed by atoms with Crippen LogP contribution in [0, 0.1) is 20.8 Å². The number of nitrogens with zero attached hydrogens (tertiary/aromatic N) is 4. The number of sulfone groups is 1. The fourth-order valence-electron chi connectivity index (χ4n) is 4.33. The molecule has 0 saturated heterocycles. The topological polar surface area (TPSA) is 125 Å². The number of anilines is 1. The van der Waals surface area contributed by atoms with Crippen LogP contribution < -0.4 is 14.8 Å². The first-order valence-corrected chi connectivity index (χ1v) is 14.4. The fraction of sp³-hybridized carbons (Fsp3) is 0.286. The summed E-state index contributed by atoms with van der Waals surface area (Å²) in [5.74, 6) is -0.777. The maximum Gasteiger partial charge on any atom is 0.433 e. The minimum atomic E-state index is -4.94. The van der Waals surface area contributed by atoms with Crippen molar-refractivity contribution in [3.8, 4) is 22.8 Å². The Morgan fingerprint density at radius 2 is 1.71 bits per heavy atom. The number of benzene rings is 2. The van der Waals surface area contributed by atoms with Crippen molar-refractivity contribution in [3.05, 3.63) is 76.7 Å². The molecule has 4 aromatic rings. The second kappa shape index (κ2) is 11.1. The Kier molecular flexibility index (Phi) is 7.66. The van der Waals surface area contributed by atoms with E-state index in [4.69, 9.17) is 9.47 Å². The minimum Gasteiger partial charge on any atom is -0.454 e. The second-order valence-electron chi connectivity index (χ2n) is 9.79. The first-order chi connectivity index (χ1) is 19.8. The number of aromatic nitrogens is 4. The second-order valence-corrected chi connectivity index (χ2v) is 11.8. The van der Waals surface area contributed by atoms with Crippen molar-refractivity contribution < 1.29 is 35.9 Å². The van der Waals surface area contributed by atoms with Crippen molar-refractivity contribution in [2.75, 3.05) is 17.9 Å². The summed E-state index contributed by atoms with van der Waals surface area (Å²) in [6, 6.07) is 12.9. The summed E-state index contributed by atoms with van der Waals surface area (Å²) in [7, 11) is -4.49. The molecule has 0 radical (unpaired) electrons. The number of rotatable bonds is 8. The normalized spacial score (nSPS) is 12.9. The number of ether oxygens (including phenoxy) is 2. The third-order valence-corrected chi connectivity index (χ3v) is 8.12. The minimum absolute atomic E-state index is 0.0510. The van der Waals surface area contributed by atoms with Gasteiger partial charge in [0.2, 0.25) is 27.7 Å². The van der Waals surface area contributed by atoms with E-state index < -0.39 is 44.9 Å². The van der Waals surface area contributed by atoms with Gasteiger partial charge < -0.3 is 14.8 Å². The van der Waals surface area contributed by atoms with Crippen LogP contribution in [0.3, 0.4) is 0 Å². The van der Waals surface area contributed by atoms with E-state index in [9.17, 15) is 26.4 Å². The van der Waals surface area contributed by atoms with Crippen LogP contribution in [0.4, 0.5) is 18.9 Å². The third kappa shape index (κ3) is 6.22. The van der Waals surface area contributed by atoms with Crippen molar-refractivity contribution in [1.29, 1.82) is 0 Å². The maximum atomic E-state index is 13.7. The molecule has 0 fully saturated rings. The lowest BCUT2D eigenvalue weighted by Gasteiger charge is -2.12. The quantitative estimate of drug-likeness (QED) is 0.284. The maximum absolute atomic E-state index is 13.7. The number of alkyl halides is 3. The first-order valence-electron chi connectivity index (χ1n) is 12.8. The van der Waals surface area contributed by atoms with E-state index in [1.807, 2.05) is 31.2 Å². The Morgan fingerprint density at radius 3 is 2.43 bits per heavy atom.